The number of nitrogens with one attached hydrogen (secondary N) is 2. The second-order valence-electron chi connectivity index (χ2n) is 4.06. The standard InChI is InChI=1S/C11H13N3O3S2/c1-7(9-4-3-5-12-6-9)14-19(16,17)10-8(2)13-11(15)18-10/h3-7,14H,1-2H3,(H,13,15). The van der Waals surface area contributed by atoms with Crippen LogP contribution in [-0.4, -0.2) is 18.4 Å². The number of aryl methyl sites for hydroxylation is 1. The van der Waals surface area contributed by atoms with Gasteiger partial charge in [0, 0.05) is 24.1 Å². The average Bonchev–Trinajstić information content (AvgIpc) is 2.70. The fourth-order valence-electron chi connectivity index (χ4n) is 1.63. The summed E-state index contributed by atoms with van der Waals surface area (Å²) < 4.78 is 26.9. The Morgan fingerprint density at radius 3 is 2.74 bits per heavy atom. The lowest BCUT2D eigenvalue weighted by atomic mass is 10.2. The van der Waals surface area contributed by atoms with E-state index in [0.29, 0.717) is 17.0 Å². The van der Waals surface area contributed by atoms with Gasteiger partial charge in [0.1, 0.15) is 0 Å². The quantitative estimate of drug-likeness (QED) is 0.886. The monoisotopic (exact) mass is 299 g/mol. The second kappa shape index (κ2) is 5.24. The average molecular weight is 299 g/mol. The second-order valence-corrected chi connectivity index (χ2v) is 6.95. The molecule has 0 aliphatic carbocycles. The van der Waals surface area contributed by atoms with E-state index in [1.807, 2.05) is 0 Å². The van der Waals surface area contributed by atoms with Crippen molar-refractivity contribution < 1.29 is 8.42 Å². The summed E-state index contributed by atoms with van der Waals surface area (Å²) in [5.41, 5.74) is 1.10. The van der Waals surface area contributed by atoms with Gasteiger partial charge in [-0.05, 0) is 25.5 Å². The summed E-state index contributed by atoms with van der Waals surface area (Å²) in [4.78, 5) is 17.2. The van der Waals surface area contributed by atoms with Crippen molar-refractivity contribution in [2.45, 2.75) is 24.1 Å². The van der Waals surface area contributed by atoms with Gasteiger partial charge in [-0.25, -0.2) is 13.1 Å². The highest BCUT2D eigenvalue weighted by molar-refractivity contribution is 7.91. The maximum atomic E-state index is 12.2. The summed E-state index contributed by atoms with van der Waals surface area (Å²) in [6.07, 6.45) is 3.21. The predicted molar refractivity (Wildman–Crippen MR) is 72.7 cm³/mol. The fourth-order valence-corrected chi connectivity index (χ4v) is 4.18. The van der Waals surface area contributed by atoms with E-state index >= 15 is 0 Å². The Kier molecular flexibility index (Phi) is 3.83. The van der Waals surface area contributed by atoms with Crippen LogP contribution >= 0.6 is 11.3 Å². The van der Waals surface area contributed by atoms with Crippen LogP contribution in [0.2, 0.25) is 0 Å². The lowest BCUT2D eigenvalue weighted by Gasteiger charge is -2.13. The van der Waals surface area contributed by atoms with E-state index in [-0.39, 0.29) is 9.08 Å². The first-order valence-electron chi connectivity index (χ1n) is 5.52. The number of sulfonamides is 1. The zero-order chi connectivity index (χ0) is 14.0. The van der Waals surface area contributed by atoms with Crippen LogP contribution in [0.4, 0.5) is 0 Å². The minimum absolute atomic E-state index is 0.0215. The van der Waals surface area contributed by atoms with Gasteiger partial charge in [0.25, 0.3) is 10.0 Å². The van der Waals surface area contributed by atoms with Crippen LogP contribution in [0.25, 0.3) is 0 Å². The highest BCUT2D eigenvalue weighted by Gasteiger charge is 2.23. The van der Waals surface area contributed by atoms with Gasteiger partial charge in [0.15, 0.2) is 4.21 Å². The Hall–Kier alpha value is -1.51. The van der Waals surface area contributed by atoms with E-state index in [2.05, 4.69) is 14.7 Å². The van der Waals surface area contributed by atoms with Crippen LogP contribution in [0.3, 0.4) is 0 Å². The maximum Gasteiger partial charge on any atom is 0.305 e. The number of H-pyrrole nitrogens is 1. The largest absolute Gasteiger partial charge is 0.315 e. The molecule has 0 aromatic carbocycles. The smallest absolute Gasteiger partial charge is 0.305 e. The van der Waals surface area contributed by atoms with Gasteiger partial charge in [0.2, 0.25) is 0 Å². The summed E-state index contributed by atoms with van der Waals surface area (Å²) in [7, 11) is -3.71. The molecule has 0 fully saturated rings. The van der Waals surface area contributed by atoms with Gasteiger partial charge < -0.3 is 4.98 Å². The maximum absolute atomic E-state index is 12.2. The molecule has 2 aromatic heterocycles. The molecule has 0 aliphatic heterocycles. The van der Waals surface area contributed by atoms with Crippen LogP contribution in [0.15, 0.2) is 33.5 Å². The van der Waals surface area contributed by atoms with Crippen molar-refractivity contribution in [1.82, 2.24) is 14.7 Å². The van der Waals surface area contributed by atoms with Crippen LogP contribution in [-0.2, 0) is 10.0 Å². The number of nitrogens with zero attached hydrogens (tertiary/aromatic N) is 1. The molecule has 2 heterocycles. The molecule has 0 saturated carbocycles. The zero-order valence-electron chi connectivity index (χ0n) is 10.4. The number of pyridine rings is 1. The SMILES string of the molecule is Cc1[nH]c(=O)sc1S(=O)(=O)NC(C)c1cccnc1. The van der Waals surface area contributed by atoms with E-state index < -0.39 is 16.1 Å². The third-order valence-corrected chi connectivity index (χ3v) is 5.69. The first kappa shape index (κ1) is 13.9. The fraction of sp³-hybridized carbons (Fsp3) is 0.273. The lowest BCUT2D eigenvalue weighted by Crippen LogP contribution is -2.26. The Balaban J connectivity index is 2.28. The molecule has 0 saturated heterocycles. The van der Waals surface area contributed by atoms with E-state index in [9.17, 15) is 13.2 Å². The molecule has 0 aliphatic rings. The van der Waals surface area contributed by atoms with E-state index in [1.165, 1.54) is 0 Å². The molecule has 0 bridgehead atoms. The number of aromatic nitrogens is 2. The molecule has 6 nitrogen and oxygen atoms in total. The topological polar surface area (TPSA) is 91.9 Å². The number of hydrogen-bond acceptors (Lipinski definition) is 5. The Morgan fingerprint density at radius 2 is 2.21 bits per heavy atom. The van der Waals surface area contributed by atoms with Gasteiger partial charge in [0.05, 0.1) is 0 Å². The molecule has 8 heteroatoms. The summed E-state index contributed by atoms with van der Waals surface area (Å²) in [6, 6.07) is 3.10. The molecule has 0 spiro atoms. The number of hydrogen-bond donors (Lipinski definition) is 2. The van der Waals surface area contributed by atoms with E-state index in [1.54, 1.807) is 38.4 Å². The van der Waals surface area contributed by atoms with Crippen molar-refractivity contribution in [3.05, 3.63) is 45.5 Å². The first-order valence-corrected chi connectivity index (χ1v) is 7.82. The third kappa shape index (κ3) is 3.09. The van der Waals surface area contributed by atoms with Crippen molar-refractivity contribution in [2.75, 3.05) is 0 Å². The Morgan fingerprint density at radius 1 is 1.47 bits per heavy atom. The summed E-state index contributed by atoms with van der Waals surface area (Å²) in [5.74, 6) is 0. The lowest BCUT2D eigenvalue weighted by molar-refractivity contribution is 0.568. The molecule has 0 radical (unpaired) electrons. The molecule has 2 rings (SSSR count). The van der Waals surface area contributed by atoms with Gasteiger partial charge in [-0.15, -0.1) is 0 Å². The third-order valence-electron chi connectivity index (χ3n) is 2.54. The normalized spacial score (nSPS) is 13.4. The number of rotatable bonds is 4. The Bertz CT molecular complexity index is 719. The number of thiazole rings is 1. The first-order chi connectivity index (χ1) is 8.90. The highest BCUT2D eigenvalue weighted by atomic mass is 32.2. The van der Waals surface area contributed by atoms with Gasteiger partial charge >= 0.3 is 4.87 Å². The van der Waals surface area contributed by atoms with E-state index in [4.69, 9.17) is 0 Å². The highest BCUT2D eigenvalue weighted by Crippen LogP contribution is 2.19. The molecule has 2 N–H and O–H groups in total. The van der Waals surface area contributed by atoms with Crippen molar-refractivity contribution in [1.29, 1.82) is 0 Å². The molecule has 1 unspecified atom stereocenters. The van der Waals surface area contributed by atoms with Crippen LogP contribution in [0, 0.1) is 6.92 Å². The Labute approximate surface area is 114 Å². The van der Waals surface area contributed by atoms with Crippen molar-refractivity contribution in [3.8, 4) is 0 Å². The number of aromatic amines is 1. The molecular formula is C11H13N3O3S2. The zero-order valence-corrected chi connectivity index (χ0v) is 12.0. The van der Waals surface area contributed by atoms with Gasteiger partial charge in [-0.3, -0.25) is 9.78 Å². The molecule has 102 valence electrons. The van der Waals surface area contributed by atoms with Crippen LogP contribution < -0.4 is 9.60 Å². The summed E-state index contributed by atoms with van der Waals surface area (Å²) in [5, 5.41) is 0. The van der Waals surface area contributed by atoms with Gasteiger partial charge in [-0.1, -0.05) is 17.4 Å². The van der Waals surface area contributed by atoms with E-state index in [0.717, 1.165) is 5.56 Å². The summed E-state index contributed by atoms with van der Waals surface area (Å²) in [6.45, 7) is 3.28. The van der Waals surface area contributed by atoms with Crippen molar-refractivity contribution >= 4 is 21.4 Å². The minimum Gasteiger partial charge on any atom is -0.315 e. The van der Waals surface area contributed by atoms with Crippen LogP contribution in [0.5, 0.6) is 0 Å². The minimum atomic E-state index is -3.71. The predicted octanol–water partition coefficient (Wildman–Crippen LogP) is 1.18. The summed E-state index contributed by atoms with van der Waals surface area (Å²) >= 11 is 0.681. The van der Waals surface area contributed by atoms with Gasteiger partial charge in [-0.2, -0.15) is 0 Å². The molecule has 1 atom stereocenters. The molecule has 0 amide bonds. The van der Waals surface area contributed by atoms with Crippen molar-refractivity contribution in [3.63, 3.8) is 0 Å². The molecular weight excluding hydrogens is 286 g/mol. The molecule has 2 aromatic rings. The van der Waals surface area contributed by atoms with Crippen LogP contribution in [0.1, 0.15) is 24.2 Å². The molecule has 19 heavy (non-hydrogen) atoms. The van der Waals surface area contributed by atoms with Crippen molar-refractivity contribution in [2.24, 2.45) is 0 Å².